The molecule has 30 heavy (non-hydrogen) atoms. The van der Waals surface area contributed by atoms with Crippen LogP contribution in [-0.2, 0) is 11.2 Å². The lowest BCUT2D eigenvalue weighted by molar-refractivity contribution is -0.139. The highest BCUT2D eigenvalue weighted by Crippen LogP contribution is 2.21. The van der Waals surface area contributed by atoms with Crippen molar-refractivity contribution < 1.29 is 19.1 Å². The van der Waals surface area contributed by atoms with Gasteiger partial charge in [0.15, 0.2) is 0 Å². The van der Waals surface area contributed by atoms with E-state index in [0.717, 1.165) is 22.8 Å². The second kappa shape index (κ2) is 9.01. The van der Waals surface area contributed by atoms with E-state index in [2.05, 4.69) is 5.32 Å². The van der Waals surface area contributed by atoms with Gasteiger partial charge in [-0.05, 0) is 47.9 Å². The van der Waals surface area contributed by atoms with Crippen LogP contribution in [0.5, 0.6) is 0 Å². The number of amides is 1. The number of nitriles is 1. The van der Waals surface area contributed by atoms with Crippen LogP contribution in [0.2, 0.25) is 0 Å². The number of carboxylic acid groups (broad SMARTS) is 1. The van der Waals surface area contributed by atoms with Gasteiger partial charge >= 0.3 is 5.97 Å². The van der Waals surface area contributed by atoms with Gasteiger partial charge in [-0.1, -0.05) is 48.0 Å². The van der Waals surface area contributed by atoms with Gasteiger partial charge in [-0.3, -0.25) is 4.79 Å². The van der Waals surface area contributed by atoms with Crippen molar-refractivity contribution in [3.8, 4) is 17.2 Å². The molecule has 0 bridgehead atoms. The molecule has 6 heteroatoms. The van der Waals surface area contributed by atoms with Gasteiger partial charge in [0, 0.05) is 12.0 Å². The molecule has 0 aliphatic rings. The van der Waals surface area contributed by atoms with Crippen LogP contribution in [0.1, 0.15) is 27.0 Å². The Morgan fingerprint density at radius 2 is 1.80 bits per heavy atom. The van der Waals surface area contributed by atoms with Crippen molar-refractivity contribution in [3.05, 3.63) is 94.8 Å². The molecule has 0 aliphatic carbocycles. The lowest BCUT2D eigenvalue weighted by atomic mass is 10.0. The van der Waals surface area contributed by atoms with Gasteiger partial charge in [-0.15, -0.1) is 0 Å². The van der Waals surface area contributed by atoms with Crippen molar-refractivity contribution in [2.75, 3.05) is 0 Å². The van der Waals surface area contributed by atoms with Crippen LogP contribution < -0.4 is 5.32 Å². The highest BCUT2D eigenvalue weighted by Gasteiger charge is 2.22. The van der Waals surface area contributed by atoms with Gasteiger partial charge in [0.25, 0.3) is 5.91 Å². The molecule has 150 valence electrons. The van der Waals surface area contributed by atoms with E-state index in [9.17, 15) is 19.1 Å². The monoisotopic (exact) mass is 402 g/mol. The maximum Gasteiger partial charge on any atom is 0.326 e. The first-order valence-electron chi connectivity index (χ1n) is 9.26. The van der Waals surface area contributed by atoms with Crippen molar-refractivity contribution in [1.29, 1.82) is 5.26 Å². The Morgan fingerprint density at radius 1 is 1.07 bits per heavy atom. The fourth-order valence-electron chi connectivity index (χ4n) is 3.04. The summed E-state index contributed by atoms with van der Waals surface area (Å²) in [4.78, 5) is 24.3. The summed E-state index contributed by atoms with van der Waals surface area (Å²) in [6.45, 7) is 1.99. The number of carboxylic acids is 1. The van der Waals surface area contributed by atoms with Crippen LogP contribution in [0.15, 0.2) is 66.7 Å². The highest BCUT2D eigenvalue weighted by molar-refractivity contribution is 5.97. The van der Waals surface area contributed by atoms with Crippen molar-refractivity contribution >= 4 is 11.9 Å². The standard InChI is InChI=1S/C24H19FN2O3/c1-15-5-8-17(9-6-15)18-3-2-4-19(13-18)23(28)27-22(24(29)30)12-16-7-10-20(14-26)21(25)11-16/h2-11,13,22H,12H2,1H3,(H,27,28)(H,29,30). The molecule has 0 aromatic heterocycles. The second-order valence-electron chi connectivity index (χ2n) is 6.94. The molecule has 3 aromatic rings. The molecule has 1 unspecified atom stereocenters. The third-order valence-electron chi connectivity index (χ3n) is 4.71. The van der Waals surface area contributed by atoms with Crippen molar-refractivity contribution in [2.24, 2.45) is 0 Å². The van der Waals surface area contributed by atoms with Gasteiger partial charge in [-0.2, -0.15) is 5.26 Å². The molecule has 3 rings (SSSR count). The lowest BCUT2D eigenvalue weighted by Crippen LogP contribution is -2.42. The maximum atomic E-state index is 13.8. The van der Waals surface area contributed by atoms with E-state index in [1.807, 2.05) is 37.3 Å². The van der Waals surface area contributed by atoms with Gasteiger partial charge in [-0.25, -0.2) is 9.18 Å². The zero-order valence-electron chi connectivity index (χ0n) is 16.2. The third kappa shape index (κ3) is 4.89. The largest absolute Gasteiger partial charge is 0.480 e. The van der Waals surface area contributed by atoms with Crippen LogP contribution in [0.4, 0.5) is 4.39 Å². The van der Waals surface area contributed by atoms with Crippen LogP contribution in [0.25, 0.3) is 11.1 Å². The molecule has 1 amide bonds. The minimum atomic E-state index is -1.24. The lowest BCUT2D eigenvalue weighted by Gasteiger charge is -2.15. The fourth-order valence-corrected chi connectivity index (χ4v) is 3.04. The molecule has 0 saturated heterocycles. The summed E-state index contributed by atoms with van der Waals surface area (Å²) in [5.74, 6) is -2.50. The molecule has 0 heterocycles. The second-order valence-corrected chi connectivity index (χ2v) is 6.94. The number of hydrogen-bond donors (Lipinski definition) is 2. The quantitative estimate of drug-likeness (QED) is 0.650. The summed E-state index contributed by atoms with van der Waals surface area (Å²) >= 11 is 0. The first-order chi connectivity index (χ1) is 14.4. The smallest absolute Gasteiger partial charge is 0.326 e. The van der Waals surface area contributed by atoms with E-state index in [-0.39, 0.29) is 12.0 Å². The van der Waals surface area contributed by atoms with Gasteiger partial charge in [0.1, 0.15) is 17.9 Å². The van der Waals surface area contributed by atoms with Gasteiger partial charge < -0.3 is 10.4 Å². The van der Waals surface area contributed by atoms with Crippen molar-refractivity contribution in [3.63, 3.8) is 0 Å². The van der Waals surface area contributed by atoms with Crippen LogP contribution in [0.3, 0.4) is 0 Å². The van der Waals surface area contributed by atoms with E-state index < -0.39 is 23.7 Å². The average molecular weight is 402 g/mol. The predicted octanol–water partition coefficient (Wildman–Crippen LogP) is 4.10. The molecule has 0 radical (unpaired) electrons. The van der Waals surface area contributed by atoms with E-state index in [1.54, 1.807) is 24.3 Å². The topological polar surface area (TPSA) is 90.2 Å². The summed E-state index contributed by atoms with van der Waals surface area (Å²) in [7, 11) is 0. The van der Waals surface area contributed by atoms with Crippen molar-refractivity contribution in [2.45, 2.75) is 19.4 Å². The number of hydrogen-bond acceptors (Lipinski definition) is 3. The number of carbonyl (C=O) groups excluding carboxylic acids is 1. The first-order valence-corrected chi connectivity index (χ1v) is 9.26. The van der Waals surface area contributed by atoms with E-state index in [4.69, 9.17) is 5.26 Å². The van der Waals surface area contributed by atoms with E-state index in [0.29, 0.717) is 11.1 Å². The molecular weight excluding hydrogens is 383 g/mol. The Bertz CT molecular complexity index is 1130. The molecule has 2 N–H and O–H groups in total. The molecule has 0 saturated carbocycles. The Hall–Kier alpha value is -3.98. The Balaban J connectivity index is 1.78. The van der Waals surface area contributed by atoms with Crippen LogP contribution in [-0.4, -0.2) is 23.0 Å². The number of benzene rings is 3. The fraction of sp³-hybridized carbons (Fsp3) is 0.125. The maximum absolute atomic E-state index is 13.8. The van der Waals surface area contributed by atoms with Crippen LogP contribution in [0, 0.1) is 24.1 Å². The number of nitrogens with one attached hydrogen (secondary N) is 1. The summed E-state index contributed by atoms with van der Waals surface area (Å²) < 4.78 is 13.8. The van der Waals surface area contributed by atoms with Gasteiger partial charge in [0.2, 0.25) is 0 Å². The highest BCUT2D eigenvalue weighted by atomic mass is 19.1. The molecule has 0 spiro atoms. The Kier molecular flexibility index (Phi) is 6.23. The first kappa shape index (κ1) is 20.7. The Labute approximate surface area is 173 Å². The number of aliphatic carboxylic acids is 1. The van der Waals surface area contributed by atoms with Gasteiger partial charge in [0.05, 0.1) is 5.56 Å². The summed E-state index contributed by atoms with van der Waals surface area (Å²) in [5, 5.41) is 20.8. The average Bonchev–Trinajstić information content (AvgIpc) is 2.74. The molecule has 0 fully saturated rings. The predicted molar refractivity (Wildman–Crippen MR) is 110 cm³/mol. The summed E-state index contributed by atoms with van der Waals surface area (Å²) in [6.07, 6.45) is -0.110. The number of halogens is 1. The van der Waals surface area contributed by atoms with E-state index in [1.165, 1.54) is 12.1 Å². The summed E-state index contributed by atoms with van der Waals surface area (Å²) in [5.41, 5.74) is 3.47. The SMILES string of the molecule is Cc1ccc(-c2cccc(C(=O)NC(Cc3ccc(C#N)c(F)c3)C(=O)O)c2)cc1. The number of carbonyl (C=O) groups is 2. The molecule has 3 aromatic carbocycles. The molecule has 1 atom stereocenters. The molecule has 5 nitrogen and oxygen atoms in total. The minimum absolute atomic E-state index is 0.110. The van der Waals surface area contributed by atoms with Crippen molar-refractivity contribution in [1.82, 2.24) is 5.32 Å². The minimum Gasteiger partial charge on any atom is -0.480 e. The molecular formula is C24H19FN2O3. The number of nitrogens with zero attached hydrogens (tertiary/aromatic N) is 1. The van der Waals surface area contributed by atoms with Crippen LogP contribution >= 0.6 is 0 Å². The third-order valence-corrected chi connectivity index (χ3v) is 4.71. The normalized spacial score (nSPS) is 11.4. The zero-order valence-corrected chi connectivity index (χ0v) is 16.2. The van der Waals surface area contributed by atoms with E-state index >= 15 is 0 Å². The Morgan fingerprint density at radius 3 is 2.43 bits per heavy atom. The molecule has 0 aliphatic heterocycles. The number of aryl methyl sites for hydroxylation is 1. The zero-order chi connectivity index (χ0) is 21.7. The number of rotatable bonds is 6. The summed E-state index contributed by atoms with van der Waals surface area (Å²) in [6, 6.07) is 19.1.